The first-order valence-corrected chi connectivity index (χ1v) is 3.33. The fourth-order valence-corrected chi connectivity index (χ4v) is 1.18. The summed E-state index contributed by atoms with van der Waals surface area (Å²) < 4.78 is 0. The molecule has 1 saturated carbocycles. The molecule has 1 N–H and O–H groups in total. The highest BCUT2D eigenvalue weighted by molar-refractivity contribution is 5.74. The first-order valence-electron chi connectivity index (χ1n) is 3.33. The Hall–Kier alpha value is -0.530. The van der Waals surface area contributed by atoms with E-state index in [4.69, 9.17) is 5.11 Å². The van der Waals surface area contributed by atoms with Gasteiger partial charge in [-0.15, -0.1) is 0 Å². The van der Waals surface area contributed by atoms with Gasteiger partial charge in [-0.25, -0.2) is 0 Å². The molecule has 1 aliphatic carbocycles. The van der Waals surface area contributed by atoms with Crippen molar-refractivity contribution in [1.29, 1.82) is 0 Å². The average Bonchev–Trinajstić information content (AvgIpc) is 2.44. The second-order valence-electron chi connectivity index (χ2n) is 3.10. The van der Waals surface area contributed by atoms with E-state index in [0.717, 1.165) is 12.8 Å². The maximum Gasteiger partial charge on any atom is 0.307 e. The van der Waals surface area contributed by atoms with Gasteiger partial charge in [-0.1, -0.05) is 13.8 Å². The quantitative estimate of drug-likeness (QED) is 0.612. The Labute approximate surface area is 54.9 Å². The Kier molecular flexibility index (Phi) is 1.26. The molecule has 0 aromatic rings. The molecule has 2 atom stereocenters. The van der Waals surface area contributed by atoms with E-state index in [1.807, 2.05) is 13.8 Å². The second kappa shape index (κ2) is 1.72. The van der Waals surface area contributed by atoms with E-state index < -0.39 is 5.97 Å². The predicted octanol–water partition coefficient (Wildman–Crippen LogP) is 1.51. The molecule has 0 bridgehead atoms. The molecular weight excluding hydrogens is 116 g/mol. The van der Waals surface area contributed by atoms with Crippen LogP contribution in [-0.4, -0.2) is 11.1 Å². The average molecular weight is 128 g/mol. The molecule has 0 aromatic carbocycles. The SMILES string of the molecule is CCC1(C)CC1C(=O)O. The van der Waals surface area contributed by atoms with Crippen molar-refractivity contribution in [2.24, 2.45) is 11.3 Å². The molecule has 0 radical (unpaired) electrons. The van der Waals surface area contributed by atoms with Gasteiger partial charge in [0, 0.05) is 0 Å². The fraction of sp³-hybridized carbons (Fsp3) is 0.857. The summed E-state index contributed by atoms with van der Waals surface area (Å²) in [5.41, 5.74) is 0.131. The summed E-state index contributed by atoms with van der Waals surface area (Å²) in [5.74, 6) is -0.679. The summed E-state index contributed by atoms with van der Waals surface area (Å²) in [7, 11) is 0. The van der Waals surface area contributed by atoms with E-state index in [0.29, 0.717) is 0 Å². The van der Waals surface area contributed by atoms with Crippen LogP contribution >= 0.6 is 0 Å². The lowest BCUT2D eigenvalue weighted by molar-refractivity contribution is -0.139. The van der Waals surface area contributed by atoms with Gasteiger partial charge in [0.25, 0.3) is 0 Å². The van der Waals surface area contributed by atoms with Gasteiger partial charge in [-0.05, 0) is 18.3 Å². The Morgan fingerprint density at radius 1 is 1.89 bits per heavy atom. The normalized spacial score (nSPS) is 40.4. The Morgan fingerprint density at radius 3 is 2.56 bits per heavy atom. The minimum atomic E-state index is -0.626. The lowest BCUT2D eigenvalue weighted by Crippen LogP contribution is -2.05. The number of hydrogen-bond donors (Lipinski definition) is 1. The number of rotatable bonds is 2. The summed E-state index contributed by atoms with van der Waals surface area (Å²) >= 11 is 0. The van der Waals surface area contributed by atoms with Crippen LogP contribution in [0.3, 0.4) is 0 Å². The molecule has 0 saturated heterocycles. The minimum absolute atomic E-state index is 0.0532. The molecule has 9 heavy (non-hydrogen) atoms. The van der Waals surface area contributed by atoms with Crippen LogP contribution in [0.1, 0.15) is 26.7 Å². The van der Waals surface area contributed by atoms with Crippen LogP contribution in [0, 0.1) is 11.3 Å². The molecule has 1 fully saturated rings. The van der Waals surface area contributed by atoms with Crippen molar-refractivity contribution in [3.8, 4) is 0 Å². The molecule has 0 amide bonds. The van der Waals surface area contributed by atoms with Gasteiger partial charge in [-0.3, -0.25) is 4.79 Å². The molecule has 0 aromatic heterocycles. The molecule has 2 nitrogen and oxygen atoms in total. The van der Waals surface area contributed by atoms with Crippen LogP contribution in [-0.2, 0) is 4.79 Å². The summed E-state index contributed by atoms with van der Waals surface area (Å²) in [4.78, 5) is 10.3. The first kappa shape index (κ1) is 6.59. The highest BCUT2D eigenvalue weighted by Crippen LogP contribution is 2.54. The summed E-state index contributed by atoms with van der Waals surface area (Å²) in [6.45, 7) is 4.08. The number of carbonyl (C=O) groups is 1. The number of carboxylic acids is 1. The van der Waals surface area contributed by atoms with E-state index >= 15 is 0 Å². The third-order valence-electron chi connectivity index (χ3n) is 2.46. The van der Waals surface area contributed by atoms with Gasteiger partial charge >= 0.3 is 5.97 Å². The van der Waals surface area contributed by atoms with Crippen molar-refractivity contribution >= 4 is 5.97 Å². The Morgan fingerprint density at radius 2 is 2.44 bits per heavy atom. The molecule has 52 valence electrons. The molecule has 1 rings (SSSR count). The van der Waals surface area contributed by atoms with Crippen LogP contribution in [0.25, 0.3) is 0 Å². The third kappa shape index (κ3) is 0.934. The topological polar surface area (TPSA) is 37.3 Å². The summed E-state index contributed by atoms with van der Waals surface area (Å²) in [5, 5.41) is 8.52. The molecular formula is C7H12O2. The Bertz CT molecular complexity index is 142. The van der Waals surface area contributed by atoms with Crippen LogP contribution in [0.5, 0.6) is 0 Å². The standard InChI is InChI=1S/C7H12O2/c1-3-7(2)4-5(7)6(8)9/h5H,3-4H2,1-2H3,(H,8,9). The zero-order valence-electron chi connectivity index (χ0n) is 5.85. The van der Waals surface area contributed by atoms with Crippen molar-refractivity contribution in [2.75, 3.05) is 0 Å². The molecule has 1 aliphatic rings. The smallest absolute Gasteiger partial charge is 0.307 e. The monoisotopic (exact) mass is 128 g/mol. The van der Waals surface area contributed by atoms with E-state index in [1.165, 1.54) is 0 Å². The molecule has 0 aliphatic heterocycles. The van der Waals surface area contributed by atoms with E-state index in [-0.39, 0.29) is 11.3 Å². The van der Waals surface area contributed by atoms with Gasteiger partial charge in [0.15, 0.2) is 0 Å². The van der Waals surface area contributed by atoms with Gasteiger partial charge in [0.05, 0.1) is 5.92 Å². The van der Waals surface area contributed by atoms with Crippen LogP contribution < -0.4 is 0 Å². The van der Waals surface area contributed by atoms with Crippen molar-refractivity contribution in [3.05, 3.63) is 0 Å². The first-order chi connectivity index (χ1) is 4.10. The van der Waals surface area contributed by atoms with E-state index in [2.05, 4.69) is 0 Å². The molecule has 0 heterocycles. The predicted molar refractivity (Wildman–Crippen MR) is 34.1 cm³/mol. The van der Waals surface area contributed by atoms with Crippen LogP contribution in [0.4, 0.5) is 0 Å². The minimum Gasteiger partial charge on any atom is -0.481 e. The zero-order valence-corrected chi connectivity index (χ0v) is 5.85. The van der Waals surface area contributed by atoms with Gasteiger partial charge < -0.3 is 5.11 Å². The molecule has 2 heteroatoms. The summed E-state index contributed by atoms with van der Waals surface area (Å²) in [6.07, 6.45) is 1.86. The van der Waals surface area contributed by atoms with Crippen molar-refractivity contribution in [3.63, 3.8) is 0 Å². The van der Waals surface area contributed by atoms with Gasteiger partial charge in [-0.2, -0.15) is 0 Å². The van der Waals surface area contributed by atoms with Gasteiger partial charge in [0.2, 0.25) is 0 Å². The number of aliphatic carboxylic acids is 1. The van der Waals surface area contributed by atoms with Crippen LogP contribution in [0.15, 0.2) is 0 Å². The zero-order chi connectivity index (χ0) is 7.07. The maximum atomic E-state index is 10.3. The molecule has 0 spiro atoms. The largest absolute Gasteiger partial charge is 0.481 e. The Balaban J connectivity index is 2.48. The van der Waals surface area contributed by atoms with Crippen molar-refractivity contribution < 1.29 is 9.90 Å². The van der Waals surface area contributed by atoms with Crippen LogP contribution in [0.2, 0.25) is 0 Å². The summed E-state index contributed by atoms with van der Waals surface area (Å²) in [6, 6.07) is 0. The number of hydrogen-bond acceptors (Lipinski definition) is 1. The van der Waals surface area contributed by atoms with E-state index in [9.17, 15) is 4.79 Å². The maximum absolute atomic E-state index is 10.3. The lowest BCUT2D eigenvalue weighted by Gasteiger charge is -2.01. The van der Waals surface area contributed by atoms with E-state index in [1.54, 1.807) is 0 Å². The second-order valence-corrected chi connectivity index (χ2v) is 3.10. The third-order valence-corrected chi connectivity index (χ3v) is 2.46. The lowest BCUT2D eigenvalue weighted by atomic mass is 10.0. The van der Waals surface area contributed by atoms with Crippen molar-refractivity contribution in [1.82, 2.24) is 0 Å². The number of carboxylic acid groups (broad SMARTS) is 1. The highest BCUT2D eigenvalue weighted by atomic mass is 16.4. The molecule has 2 unspecified atom stereocenters. The van der Waals surface area contributed by atoms with Gasteiger partial charge in [0.1, 0.15) is 0 Å². The fourth-order valence-electron chi connectivity index (χ4n) is 1.18. The highest BCUT2D eigenvalue weighted by Gasteiger charge is 2.53. The van der Waals surface area contributed by atoms with Crippen molar-refractivity contribution in [2.45, 2.75) is 26.7 Å².